The van der Waals surface area contributed by atoms with Crippen molar-refractivity contribution in [3.63, 3.8) is 0 Å². The Morgan fingerprint density at radius 2 is 1.71 bits per heavy atom. The lowest BCUT2D eigenvalue weighted by molar-refractivity contribution is -0.384. The zero-order chi connectivity index (χ0) is 16.8. The second kappa shape index (κ2) is 4.33. The topological polar surface area (TPSA) is 80.5 Å². The van der Waals surface area contributed by atoms with Crippen molar-refractivity contribution in [2.45, 2.75) is 12.8 Å². The summed E-state index contributed by atoms with van der Waals surface area (Å²) < 4.78 is 0.538. The average Bonchev–Trinajstić information content (AvgIpc) is 3.14. The number of hydrogen-bond acceptors (Lipinski definition) is 4. The van der Waals surface area contributed by atoms with Crippen molar-refractivity contribution in [3.05, 3.63) is 44.9 Å². The van der Waals surface area contributed by atoms with Gasteiger partial charge < -0.3 is 0 Å². The van der Waals surface area contributed by atoms with Crippen LogP contribution in [0.1, 0.15) is 12.8 Å². The molecule has 122 valence electrons. The van der Waals surface area contributed by atoms with E-state index in [-0.39, 0.29) is 52.3 Å². The number of fused-ring (bicyclic) bond motifs is 3. The third-order valence-electron chi connectivity index (χ3n) is 6.23. The fraction of sp³-hybridized carbons (Fsp3) is 0.412. The van der Waals surface area contributed by atoms with Crippen LogP contribution in [0.2, 0.25) is 0 Å². The first-order valence-electron chi connectivity index (χ1n) is 7.96. The smallest absolute Gasteiger partial charge is 0.274 e. The summed E-state index contributed by atoms with van der Waals surface area (Å²) in [6, 6.07) is 4.42. The maximum absolute atomic E-state index is 13.0. The molecule has 2 amide bonds. The number of anilines is 1. The van der Waals surface area contributed by atoms with E-state index >= 15 is 0 Å². The molecule has 4 aliphatic rings. The van der Waals surface area contributed by atoms with Gasteiger partial charge in [-0.05, 0) is 42.2 Å². The highest BCUT2D eigenvalue weighted by molar-refractivity contribution is 9.10. The Bertz CT molecular complexity index is 826. The largest absolute Gasteiger partial charge is 0.294 e. The van der Waals surface area contributed by atoms with Crippen LogP contribution in [-0.2, 0) is 9.59 Å². The molecule has 1 spiro atoms. The zero-order valence-electron chi connectivity index (χ0n) is 12.5. The molecular formula is C17H13BrN2O4. The average molecular weight is 389 g/mol. The molecule has 24 heavy (non-hydrogen) atoms. The number of nitrogens with zero attached hydrogens (tertiary/aromatic N) is 2. The first kappa shape index (κ1) is 14.3. The molecule has 7 heteroatoms. The number of imide groups is 1. The van der Waals surface area contributed by atoms with Crippen molar-refractivity contribution < 1.29 is 14.5 Å². The lowest BCUT2D eigenvalue weighted by Gasteiger charge is -2.21. The number of hydrogen-bond donors (Lipinski definition) is 0. The molecule has 4 atom stereocenters. The van der Waals surface area contributed by atoms with Gasteiger partial charge in [-0.2, -0.15) is 0 Å². The van der Waals surface area contributed by atoms with E-state index in [0.717, 1.165) is 17.7 Å². The summed E-state index contributed by atoms with van der Waals surface area (Å²) in [6.45, 7) is 0. The molecule has 2 saturated carbocycles. The molecule has 0 N–H and O–H groups in total. The number of halogens is 1. The van der Waals surface area contributed by atoms with E-state index in [2.05, 4.69) is 28.1 Å². The maximum Gasteiger partial charge on any atom is 0.294 e. The molecule has 0 radical (unpaired) electrons. The summed E-state index contributed by atoms with van der Waals surface area (Å²) in [5.74, 6) is -1.03. The molecule has 5 rings (SSSR count). The molecule has 3 fully saturated rings. The Hall–Kier alpha value is -2.02. The minimum Gasteiger partial charge on any atom is -0.274 e. The van der Waals surface area contributed by atoms with Gasteiger partial charge in [-0.25, -0.2) is 4.90 Å². The van der Waals surface area contributed by atoms with Crippen LogP contribution in [0.3, 0.4) is 0 Å². The third-order valence-corrected chi connectivity index (χ3v) is 6.72. The number of rotatable bonds is 2. The fourth-order valence-corrected chi connectivity index (χ4v) is 5.50. The third kappa shape index (κ3) is 1.51. The quantitative estimate of drug-likeness (QED) is 0.337. The molecule has 3 aliphatic carbocycles. The van der Waals surface area contributed by atoms with E-state index in [1.807, 2.05) is 0 Å². The SMILES string of the molecule is O=C1[C@@H]2[C@@H](C(=O)N1c1ccc(Br)cc1[N+](=O)[O-])[C@H]1C=C[C@H]2C12CC2. The molecule has 1 heterocycles. The van der Waals surface area contributed by atoms with Crippen LogP contribution < -0.4 is 4.90 Å². The van der Waals surface area contributed by atoms with E-state index in [1.54, 1.807) is 6.07 Å². The Labute approximate surface area is 145 Å². The van der Waals surface area contributed by atoms with E-state index in [1.165, 1.54) is 12.1 Å². The normalized spacial score (nSPS) is 34.3. The van der Waals surface area contributed by atoms with Gasteiger partial charge in [0.2, 0.25) is 11.8 Å². The van der Waals surface area contributed by atoms with Gasteiger partial charge in [0.1, 0.15) is 5.69 Å². The summed E-state index contributed by atoms with van der Waals surface area (Å²) in [7, 11) is 0. The van der Waals surface area contributed by atoms with Gasteiger partial charge in [-0.15, -0.1) is 0 Å². The van der Waals surface area contributed by atoms with Crippen molar-refractivity contribution in [3.8, 4) is 0 Å². The molecule has 1 aromatic carbocycles. The number of amides is 2. The van der Waals surface area contributed by atoms with Crippen LogP contribution in [0.15, 0.2) is 34.8 Å². The molecule has 0 unspecified atom stereocenters. The van der Waals surface area contributed by atoms with E-state index in [0.29, 0.717) is 4.47 Å². The van der Waals surface area contributed by atoms with Crippen molar-refractivity contribution >= 4 is 39.1 Å². The number of nitro benzene ring substituents is 1. The predicted molar refractivity (Wildman–Crippen MR) is 88.1 cm³/mol. The van der Waals surface area contributed by atoms with Crippen LogP contribution in [0, 0.1) is 39.2 Å². The van der Waals surface area contributed by atoms with Gasteiger partial charge in [0.25, 0.3) is 5.69 Å². The molecule has 1 aliphatic heterocycles. The summed E-state index contributed by atoms with van der Waals surface area (Å²) in [5, 5.41) is 11.4. The van der Waals surface area contributed by atoms with Gasteiger partial charge in [0.05, 0.1) is 16.8 Å². The van der Waals surface area contributed by atoms with Crippen molar-refractivity contribution in [2.75, 3.05) is 4.90 Å². The number of carbonyl (C=O) groups excluding carboxylic acids is 2. The Morgan fingerprint density at radius 1 is 1.12 bits per heavy atom. The number of nitro groups is 1. The predicted octanol–water partition coefficient (Wildman–Crippen LogP) is 3.06. The standard InChI is InChI=1S/C17H13BrN2O4/c18-8-1-4-11(12(7-8)20(23)24)19-15(21)13-9-2-3-10(14(13)16(19)22)17(9)5-6-17/h1-4,7,9-10,13-14H,5-6H2/t9-,10-,13+,14+/m1/s1. The molecular weight excluding hydrogens is 376 g/mol. The highest BCUT2D eigenvalue weighted by Crippen LogP contribution is 2.73. The van der Waals surface area contributed by atoms with E-state index < -0.39 is 4.92 Å². The molecule has 1 saturated heterocycles. The molecule has 6 nitrogen and oxygen atoms in total. The summed E-state index contributed by atoms with van der Waals surface area (Å²) in [4.78, 5) is 37.9. The fourth-order valence-electron chi connectivity index (χ4n) is 5.15. The van der Waals surface area contributed by atoms with Gasteiger partial charge in [-0.1, -0.05) is 28.1 Å². The van der Waals surface area contributed by atoms with Gasteiger partial charge in [0, 0.05) is 10.5 Å². The summed E-state index contributed by atoms with van der Waals surface area (Å²) >= 11 is 3.20. The highest BCUT2D eigenvalue weighted by Gasteiger charge is 2.73. The number of carbonyl (C=O) groups is 2. The number of benzene rings is 1. The Balaban J connectivity index is 1.60. The summed E-state index contributed by atoms with van der Waals surface area (Å²) in [6.07, 6.45) is 6.32. The molecule has 0 aromatic heterocycles. The second-order valence-corrected chi connectivity index (χ2v) is 8.04. The zero-order valence-corrected chi connectivity index (χ0v) is 14.1. The van der Waals surface area contributed by atoms with Crippen LogP contribution in [0.4, 0.5) is 11.4 Å². The Kier molecular flexibility index (Phi) is 2.59. The summed E-state index contributed by atoms with van der Waals surface area (Å²) in [5.41, 5.74) is -0.0254. The monoisotopic (exact) mass is 388 g/mol. The van der Waals surface area contributed by atoms with Crippen molar-refractivity contribution in [1.29, 1.82) is 0 Å². The lowest BCUT2D eigenvalue weighted by Crippen LogP contribution is -2.35. The van der Waals surface area contributed by atoms with E-state index in [4.69, 9.17) is 0 Å². The van der Waals surface area contributed by atoms with Crippen molar-refractivity contribution in [1.82, 2.24) is 0 Å². The van der Waals surface area contributed by atoms with Gasteiger partial charge >= 0.3 is 0 Å². The first-order valence-corrected chi connectivity index (χ1v) is 8.75. The highest BCUT2D eigenvalue weighted by atomic mass is 79.9. The van der Waals surface area contributed by atoms with Crippen molar-refractivity contribution in [2.24, 2.45) is 29.1 Å². The van der Waals surface area contributed by atoms with E-state index in [9.17, 15) is 19.7 Å². The molecule has 1 aromatic rings. The first-order chi connectivity index (χ1) is 11.5. The maximum atomic E-state index is 13.0. The number of allylic oxidation sites excluding steroid dienone is 2. The second-order valence-electron chi connectivity index (χ2n) is 7.12. The van der Waals surface area contributed by atoms with Crippen LogP contribution >= 0.6 is 15.9 Å². The molecule has 2 bridgehead atoms. The van der Waals surface area contributed by atoms with Crippen LogP contribution in [-0.4, -0.2) is 16.7 Å². The minimum atomic E-state index is -0.552. The minimum absolute atomic E-state index is 0.0804. The lowest BCUT2D eigenvalue weighted by atomic mass is 9.85. The van der Waals surface area contributed by atoms with Crippen LogP contribution in [0.25, 0.3) is 0 Å². The van der Waals surface area contributed by atoms with Gasteiger partial charge in [0.15, 0.2) is 0 Å². The van der Waals surface area contributed by atoms with Crippen LogP contribution in [0.5, 0.6) is 0 Å². The van der Waals surface area contributed by atoms with Gasteiger partial charge in [-0.3, -0.25) is 19.7 Å². The Morgan fingerprint density at radius 3 is 2.21 bits per heavy atom.